The molecule has 15 heavy (non-hydrogen) atoms. The van der Waals surface area contributed by atoms with Crippen LogP contribution >= 0.6 is 11.3 Å². The Bertz CT molecular complexity index is 299. The van der Waals surface area contributed by atoms with Crippen LogP contribution in [0, 0.1) is 13.8 Å². The molecule has 0 saturated heterocycles. The van der Waals surface area contributed by atoms with Crippen molar-refractivity contribution in [2.75, 3.05) is 6.54 Å². The van der Waals surface area contributed by atoms with Crippen molar-refractivity contribution in [3.63, 3.8) is 0 Å². The van der Waals surface area contributed by atoms with Gasteiger partial charge in [-0.05, 0) is 20.3 Å². The first-order chi connectivity index (χ1) is 7.13. The van der Waals surface area contributed by atoms with Crippen LogP contribution < -0.4 is 5.32 Å². The summed E-state index contributed by atoms with van der Waals surface area (Å²) in [6.45, 7) is 7.62. The molecule has 1 aromatic rings. The average molecular weight is 228 g/mol. The Hall–Kier alpha value is -0.450. The molecule has 0 amide bonds. The van der Waals surface area contributed by atoms with Crippen molar-refractivity contribution >= 4 is 11.3 Å². The summed E-state index contributed by atoms with van der Waals surface area (Å²) in [4.78, 5) is 5.64. The second kappa shape index (κ2) is 6.20. The molecular weight excluding hydrogens is 208 g/mol. The van der Waals surface area contributed by atoms with Gasteiger partial charge in [-0.1, -0.05) is 13.3 Å². The van der Waals surface area contributed by atoms with Crippen LogP contribution in [-0.4, -0.2) is 22.7 Å². The molecule has 1 atom stereocenters. The van der Waals surface area contributed by atoms with E-state index in [1.165, 1.54) is 4.88 Å². The van der Waals surface area contributed by atoms with E-state index in [4.69, 9.17) is 0 Å². The summed E-state index contributed by atoms with van der Waals surface area (Å²) in [5, 5.41) is 13.9. The zero-order valence-electron chi connectivity index (χ0n) is 9.71. The maximum absolute atomic E-state index is 9.53. The number of hydrogen-bond acceptors (Lipinski definition) is 4. The maximum atomic E-state index is 9.53. The third-order valence-electron chi connectivity index (χ3n) is 2.29. The Balaban J connectivity index is 2.28. The molecule has 0 aliphatic heterocycles. The van der Waals surface area contributed by atoms with Crippen LogP contribution in [0.1, 0.15) is 35.3 Å². The van der Waals surface area contributed by atoms with E-state index < -0.39 is 0 Å². The summed E-state index contributed by atoms with van der Waals surface area (Å²) in [5.74, 6) is 0. The second-order valence-corrected chi connectivity index (χ2v) is 5.10. The largest absolute Gasteiger partial charge is 0.392 e. The number of thiazole rings is 1. The van der Waals surface area contributed by atoms with E-state index in [0.29, 0.717) is 6.54 Å². The number of aromatic nitrogens is 1. The van der Waals surface area contributed by atoms with Crippen LogP contribution in [0.3, 0.4) is 0 Å². The molecule has 1 unspecified atom stereocenters. The number of aryl methyl sites for hydroxylation is 2. The highest BCUT2D eigenvalue weighted by atomic mass is 32.1. The minimum atomic E-state index is -0.218. The van der Waals surface area contributed by atoms with E-state index in [2.05, 4.69) is 17.2 Å². The normalized spacial score (nSPS) is 13.1. The van der Waals surface area contributed by atoms with Gasteiger partial charge in [0.1, 0.15) is 0 Å². The van der Waals surface area contributed by atoms with E-state index in [9.17, 15) is 5.11 Å². The third-order valence-corrected chi connectivity index (χ3v) is 3.36. The molecule has 0 spiro atoms. The standard InChI is InChI=1S/C11H20N2OS/c1-4-5-10(14)6-12-7-11-8(2)13-9(3)15-11/h10,12,14H,4-7H2,1-3H3. The molecule has 1 heterocycles. The highest BCUT2D eigenvalue weighted by molar-refractivity contribution is 7.11. The summed E-state index contributed by atoms with van der Waals surface area (Å²) in [7, 11) is 0. The van der Waals surface area contributed by atoms with E-state index in [1.807, 2.05) is 13.8 Å². The van der Waals surface area contributed by atoms with Crippen molar-refractivity contribution in [1.29, 1.82) is 0 Å². The van der Waals surface area contributed by atoms with Crippen molar-refractivity contribution in [2.45, 2.75) is 46.3 Å². The van der Waals surface area contributed by atoms with Gasteiger partial charge < -0.3 is 10.4 Å². The van der Waals surface area contributed by atoms with Crippen LogP contribution in [0.4, 0.5) is 0 Å². The van der Waals surface area contributed by atoms with Gasteiger partial charge in [0, 0.05) is 18.0 Å². The SMILES string of the molecule is CCCC(O)CNCc1sc(C)nc1C. The smallest absolute Gasteiger partial charge is 0.0900 e. The number of rotatable bonds is 6. The first-order valence-electron chi connectivity index (χ1n) is 5.45. The van der Waals surface area contributed by atoms with Gasteiger partial charge in [-0.25, -0.2) is 4.98 Å². The number of nitrogens with one attached hydrogen (secondary N) is 1. The van der Waals surface area contributed by atoms with Crippen LogP contribution in [0.2, 0.25) is 0 Å². The monoisotopic (exact) mass is 228 g/mol. The molecule has 4 heteroatoms. The summed E-state index contributed by atoms with van der Waals surface area (Å²) < 4.78 is 0. The van der Waals surface area contributed by atoms with Crippen LogP contribution in [0.5, 0.6) is 0 Å². The second-order valence-electron chi connectivity index (χ2n) is 3.81. The van der Waals surface area contributed by atoms with E-state index >= 15 is 0 Å². The number of aliphatic hydroxyl groups is 1. The van der Waals surface area contributed by atoms with Gasteiger partial charge >= 0.3 is 0 Å². The summed E-state index contributed by atoms with van der Waals surface area (Å²) in [6.07, 6.45) is 1.68. The quantitative estimate of drug-likeness (QED) is 0.783. The Morgan fingerprint density at radius 2 is 2.20 bits per heavy atom. The first kappa shape index (κ1) is 12.6. The Morgan fingerprint density at radius 3 is 2.73 bits per heavy atom. The van der Waals surface area contributed by atoms with Gasteiger partial charge in [0.25, 0.3) is 0 Å². The predicted octanol–water partition coefficient (Wildman–Crippen LogP) is 2.01. The lowest BCUT2D eigenvalue weighted by Gasteiger charge is -2.09. The Morgan fingerprint density at radius 1 is 1.47 bits per heavy atom. The molecule has 1 aromatic heterocycles. The van der Waals surface area contributed by atoms with E-state index in [-0.39, 0.29) is 6.10 Å². The molecule has 1 rings (SSSR count). The molecule has 0 aliphatic rings. The minimum Gasteiger partial charge on any atom is -0.392 e. The average Bonchev–Trinajstić information content (AvgIpc) is 2.46. The van der Waals surface area contributed by atoms with Gasteiger partial charge in [-0.3, -0.25) is 0 Å². The van der Waals surface area contributed by atoms with Gasteiger partial charge in [-0.15, -0.1) is 11.3 Å². The number of hydrogen-bond donors (Lipinski definition) is 2. The zero-order valence-corrected chi connectivity index (χ0v) is 10.5. The van der Waals surface area contributed by atoms with Crippen LogP contribution in [0.25, 0.3) is 0 Å². The van der Waals surface area contributed by atoms with Crippen molar-refractivity contribution in [2.24, 2.45) is 0 Å². The van der Waals surface area contributed by atoms with Crippen molar-refractivity contribution in [3.8, 4) is 0 Å². The fourth-order valence-electron chi connectivity index (χ4n) is 1.53. The molecular formula is C11H20N2OS. The lowest BCUT2D eigenvalue weighted by molar-refractivity contribution is 0.160. The Kier molecular flexibility index (Phi) is 5.22. The minimum absolute atomic E-state index is 0.218. The van der Waals surface area contributed by atoms with Gasteiger partial charge in [0.15, 0.2) is 0 Å². The highest BCUT2D eigenvalue weighted by Crippen LogP contribution is 2.16. The highest BCUT2D eigenvalue weighted by Gasteiger charge is 2.06. The fraction of sp³-hybridized carbons (Fsp3) is 0.727. The zero-order chi connectivity index (χ0) is 11.3. The van der Waals surface area contributed by atoms with Crippen LogP contribution in [-0.2, 0) is 6.54 Å². The molecule has 0 aromatic carbocycles. The molecule has 2 N–H and O–H groups in total. The molecule has 3 nitrogen and oxygen atoms in total. The lowest BCUT2D eigenvalue weighted by atomic mass is 10.2. The van der Waals surface area contributed by atoms with E-state index in [0.717, 1.165) is 30.1 Å². The summed E-state index contributed by atoms with van der Waals surface area (Å²) >= 11 is 1.72. The predicted molar refractivity (Wildman–Crippen MR) is 64.2 cm³/mol. The summed E-state index contributed by atoms with van der Waals surface area (Å²) in [5.41, 5.74) is 1.11. The molecule has 0 bridgehead atoms. The van der Waals surface area contributed by atoms with Gasteiger partial charge in [0.05, 0.1) is 16.8 Å². The third kappa shape index (κ3) is 4.28. The molecule has 86 valence electrons. The molecule has 0 saturated carbocycles. The number of aliphatic hydroxyl groups excluding tert-OH is 1. The van der Waals surface area contributed by atoms with Crippen LogP contribution in [0.15, 0.2) is 0 Å². The molecule has 0 fully saturated rings. The number of nitrogens with zero attached hydrogens (tertiary/aromatic N) is 1. The molecule has 0 radical (unpaired) electrons. The van der Waals surface area contributed by atoms with Gasteiger partial charge in [0.2, 0.25) is 0 Å². The van der Waals surface area contributed by atoms with Crippen molar-refractivity contribution in [1.82, 2.24) is 10.3 Å². The van der Waals surface area contributed by atoms with E-state index in [1.54, 1.807) is 11.3 Å². The van der Waals surface area contributed by atoms with Gasteiger partial charge in [-0.2, -0.15) is 0 Å². The fourth-order valence-corrected chi connectivity index (χ4v) is 2.43. The lowest BCUT2D eigenvalue weighted by Crippen LogP contribution is -2.26. The topological polar surface area (TPSA) is 45.1 Å². The maximum Gasteiger partial charge on any atom is 0.0900 e. The van der Waals surface area contributed by atoms with Crippen molar-refractivity contribution in [3.05, 3.63) is 15.6 Å². The molecule has 0 aliphatic carbocycles. The van der Waals surface area contributed by atoms with Crippen molar-refractivity contribution < 1.29 is 5.11 Å². The summed E-state index contributed by atoms with van der Waals surface area (Å²) in [6, 6.07) is 0. The Labute approximate surface area is 95.6 Å². The first-order valence-corrected chi connectivity index (χ1v) is 6.26.